The van der Waals surface area contributed by atoms with E-state index in [2.05, 4.69) is 0 Å². The molecule has 21 heavy (non-hydrogen) atoms. The van der Waals surface area contributed by atoms with Gasteiger partial charge in [0, 0.05) is 5.41 Å². The molecule has 0 unspecified atom stereocenters. The zero-order chi connectivity index (χ0) is 16.2. The van der Waals surface area contributed by atoms with E-state index in [1.54, 1.807) is 19.2 Å². The van der Waals surface area contributed by atoms with Crippen LogP contribution in [0.15, 0.2) is 12.1 Å². The van der Waals surface area contributed by atoms with Gasteiger partial charge in [-0.05, 0) is 30.2 Å². The minimum Gasteiger partial charge on any atom is -0.497 e. The van der Waals surface area contributed by atoms with E-state index in [1.807, 2.05) is 20.8 Å². The molecule has 5 heteroatoms. The maximum absolute atomic E-state index is 12.1. The maximum atomic E-state index is 12.1. The molecule has 0 aliphatic rings. The fraction of sp³-hybridized carbons (Fsp3) is 0.500. The van der Waals surface area contributed by atoms with Crippen LogP contribution in [0, 0.1) is 6.92 Å². The molecule has 0 heterocycles. The summed E-state index contributed by atoms with van der Waals surface area (Å²) in [4.78, 5) is 23.7. The standard InChI is InChI=1S/C16H22O5/c1-10-7-11(19-4)8-12(14(10)15(18)21-6)16(2,3)9-13(17)20-5/h7-8H,9H2,1-6H3. The lowest BCUT2D eigenvalue weighted by molar-refractivity contribution is -0.141. The number of benzene rings is 1. The van der Waals surface area contributed by atoms with Crippen molar-refractivity contribution in [3.8, 4) is 5.75 Å². The molecule has 0 fully saturated rings. The molecule has 1 aromatic carbocycles. The first kappa shape index (κ1) is 17.0. The highest BCUT2D eigenvalue weighted by molar-refractivity contribution is 5.93. The number of ether oxygens (including phenoxy) is 3. The van der Waals surface area contributed by atoms with Gasteiger partial charge in [0.25, 0.3) is 0 Å². The lowest BCUT2D eigenvalue weighted by atomic mass is 9.78. The molecule has 0 saturated heterocycles. The molecule has 0 amide bonds. The number of rotatable bonds is 5. The third kappa shape index (κ3) is 3.74. The van der Waals surface area contributed by atoms with Gasteiger partial charge < -0.3 is 14.2 Å². The molecule has 0 saturated carbocycles. The molecule has 116 valence electrons. The summed E-state index contributed by atoms with van der Waals surface area (Å²) < 4.78 is 14.9. The predicted octanol–water partition coefficient (Wildman–Crippen LogP) is 2.63. The molecular formula is C16H22O5. The highest BCUT2D eigenvalue weighted by atomic mass is 16.5. The van der Waals surface area contributed by atoms with Crippen LogP contribution in [0.4, 0.5) is 0 Å². The topological polar surface area (TPSA) is 61.8 Å². The quantitative estimate of drug-likeness (QED) is 0.781. The van der Waals surface area contributed by atoms with Crippen LogP contribution < -0.4 is 4.74 Å². The van der Waals surface area contributed by atoms with Crippen LogP contribution in [0.3, 0.4) is 0 Å². The van der Waals surface area contributed by atoms with Gasteiger partial charge in [0.1, 0.15) is 5.75 Å². The number of carbonyl (C=O) groups is 2. The normalized spacial score (nSPS) is 11.0. The monoisotopic (exact) mass is 294 g/mol. The Kier molecular flexibility index (Phi) is 5.35. The molecular weight excluding hydrogens is 272 g/mol. The van der Waals surface area contributed by atoms with Crippen molar-refractivity contribution in [2.45, 2.75) is 32.6 Å². The summed E-state index contributed by atoms with van der Waals surface area (Å²) in [7, 11) is 4.24. The van der Waals surface area contributed by atoms with Gasteiger partial charge in [-0.25, -0.2) is 4.79 Å². The average molecular weight is 294 g/mol. The molecule has 0 spiro atoms. The lowest BCUT2D eigenvalue weighted by Crippen LogP contribution is -2.26. The van der Waals surface area contributed by atoms with Crippen molar-refractivity contribution in [3.05, 3.63) is 28.8 Å². The Balaban J connectivity index is 3.46. The molecule has 5 nitrogen and oxygen atoms in total. The Morgan fingerprint density at radius 3 is 2.19 bits per heavy atom. The highest BCUT2D eigenvalue weighted by Crippen LogP contribution is 2.35. The SMILES string of the molecule is COC(=O)CC(C)(C)c1cc(OC)cc(C)c1C(=O)OC. The van der Waals surface area contributed by atoms with Crippen LogP contribution in [-0.2, 0) is 19.7 Å². The molecule has 0 aliphatic carbocycles. The number of aryl methyl sites for hydroxylation is 1. The van der Waals surface area contributed by atoms with Crippen molar-refractivity contribution in [2.24, 2.45) is 0 Å². The van der Waals surface area contributed by atoms with E-state index in [0.717, 1.165) is 5.56 Å². The summed E-state index contributed by atoms with van der Waals surface area (Å²) in [5, 5.41) is 0. The van der Waals surface area contributed by atoms with Crippen molar-refractivity contribution < 1.29 is 23.8 Å². The van der Waals surface area contributed by atoms with Gasteiger partial charge in [0.05, 0.1) is 33.3 Å². The number of hydrogen-bond acceptors (Lipinski definition) is 5. The molecule has 0 bridgehead atoms. The van der Waals surface area contributed by atoms with E-state index in [0.29, 0.717) is 16.9 Å². The van der Waals surface area contributed by atoms with E-state index in [4.69, 9.17) is 14.2 Å². The Morgan fingerprint density at radius 2 is 1.71 bits per heavy atom. The van der Waals surface area contributed by atoms with Crippen LogP contribution in [0.25, 0.3) is 0 Å². The molecule has 0 radical (unpaired) electrons. The fourth-order valence-electron chi connectivity index (χ4n) is 2.31. The summed E-state index contributed by atoms with van der Waals surface area (Å²) in [6.07, 6.45) is 0.153. The largest absolute Gasteiger partial charge is 0.497 e. The number of carbonyl (C=O) groups excluding carboxylic acids is 2. The second kappa shape index (κ2) is 6.61. The smallest absolute Gasteiger partial charge is 0.338 e. The Labute approximate surface area is 125 Å². The number of methoxy groups -OCH3 is 3. The zero-order valence-electron chi connectivity index (χ0n) is 13.4. The Bertz CT molecular complexity index is 546. The molecule has 1 aromatic rings. The van der Waals surface area contributed by atoms with Crippen LogP contribution in [0.5, 0.6) is 5.75 Å². The van der Waals surface area contributed by atoms with E-state index in [-0.39, 0.29) is 12.4 Å². The predicted molar refractivity (Wildman–Crippen MR) is 78.7 cm³/mol. The maximum Gasteiger partial charge on any atom is 0.338 e. The lowest BCUT2D eigenvalue weighted by Gasteiger charge is -2.27. The molecule has 0 aliphatic heterocycles. The van der Waals surface area contributed by atoms with Gasteiger partial charge in [-0.1, -0.05) is 13.8 Å². The third-order valence-corrected chi connectivity index (χ3v) is 3.48. The summed E-state index contributed by atoms with van der Waals surface area (Å²) in [6, 6.07) is 3.53. The van der Waals surface area contributed by atoms with Crippen molar-refractivity contribution in [2.75, 3.05) is 21.3 Å². The summed E-state index contributed by atoms with van der Waals surface area (Å²) in [6.45, 7) is 5.57. The Morgan fingerprint density at radius 1 is 1.10 bits per heavy atom. The van der Waals surface area contributed by atoms with Gasteiger partial charge in [-0.15, -0.1) is 0 Å². The number of esters is 2. The Hall–Kier alpha value is -2.04. The van der Waals surface area contributed by atoms with Gasteiger partial charge in [-0.2, -0.15) is 0 Å². The van der Waals surface area contributed by atoms with Crippen molar-refractivity contribution in [3.63, 3.8) is 0 Å². The first-order valence-electron chi connectivity index (χ1n) is 6.61. The van der Waals surface area contributed by atoms with Crippen molar-refractivity contribution in [1.82, 2.24) is 0 Å². The number of hydrogen-bond donors (Lipinski definition) is 0. The van der Waals surface area contributed by atoms with Crippen LogP contribution >= 0.6 is 0 Å². The molecule has 0 N–H and O–H groups in total. The van der Waals surface area contributed by atoms with E-state index < -0.39 is 11.4 Å². The van der Waals surface area contributed by atoms with Gasteiger partial charge in [-0.3, -0.25) is 4.79 Å². The van der Waals surface area contributed by atoms with Crippen LogP contribution in [0.1, 0.15) is 41.8 Å². The van der Waals surface area contributed by atoms with E-state index in [1.165, 1.54) is 14.2 Å². The van der Waals surface area contributed by atoms with Gasteiger partial charge in [0.2, 0.25) is 0 Å². The van der Waals surface area contributed by atoms with Crippen molar-refractivity contribution >= 4 is 11.9 Å². The van der Waals surface area contributed by atoms with Crippen LogP contribution in [0.2, 0.25) is 0 Å². The summed E-state index contributed by atoms with van der Waals surface area (Å²) in [5.74, 6) is -0.132. The zero-order valence-corrected chi connectivity index (χ0v) is 13.4. The second-order valence-corrected chi connectivity index (χ2v) is 5.50. The molecule has 0 aromatic heterocycles. The van der Waals surface area contributed by atoms with E-state index >= 15 is 0 Å². The van der Waals surface area contributed by atoms with E-state index in [9.17, 15) is 9.59 Å². The second-order valence-electron chi connectivity index (χ2n) is 5.50. The third-order valence-electron chi connectivity index (χ3n) is 3.48. The molecule has 0 atom stereocenters. The average Bonchev–Trinajstić information content (AvgIpc) is 2.44. The summed E-state index contributed by atoms with van der Waals surface area (Å²) >= 11 is 0. The first-order valence-corrected chi connectivity index (χ1v) is 6.61. The minimum atomic E-state index is -0.587. The van der Waals surface area contributed by atoms with Gasteiger partial charge in [0.15, 0.2) is 0 Å². The molecule has 1 rings (SSSR count). The summed E-state index contributed by atoms with van der Waals surface area (Å²) in [5.41, 5.74) is 1.33. The highest BCUT2D eigenvalue weighted by Gasteiger charge is 2.31. The first-order chi connectivity index (χ1) is 9.76. The fourth-order valence-corrected chi connectivity index (χ4v) is 2.31. The minimum absolute atomic E-state index is 0.153. The van der Waals surface area contributed by atoms with Crippen molar-refractivity contribution in [1.29, 1.82) is 0 Å². The van der Waals surface area contributed by atoms with Gasteiger partial charge >= 0.3 is 11.9 Å². The van der Waals surface area contributed by atoms with Crippen LogP contribution in [-0.4, -0.2) is 33.3 Å².